The van der Waals surface area contributed by atoms with Crippen molar-refractivity contribution in [1.82, 2.24) is 4.90 Å². The molecule has 0 aromatic rings. The molecule has 1 fully saturated rings. The fourth-order valence-corrected chi connectivity index (χ4v) is 3.18. The Bertz CT molecular complexity index is 225. The van der Waals surface area contributed by atoms with E-state index < -0.39 is 0 Å². The van der Waals surface area contributed by atoms with Crippen LogP contribution in [0.1, 0.15) is 47.0 Å². The zero-order chi connectivity index (χ0) is 13.1. The highest BCUT2D eigenvalue weighted by atomic mass is 16.3. The van der Waals surface area contributed by atoms with Gasteiger partial charge in [0.1, 0.15) is 0 Å². The van der Waals surface area contributed by atoms with Crippen LogP contribution in [0.15, 0.2) is 0 Å². The molecular weight excluding hydrogens is 212 g/mol. The minimum atomic E-state index is 0.201. The van der Waals surface area contributed by atoms with Gasteiger partial charge in [0, 0.05) is 25.2 Å². The van der Waals surface area contributed by atoms with E-state index in [2.05, 4.69) is 32.6 Å². The normalized spacial score (nSPS) is 26.8. The van der Waals surface area contributed by atoms with Gasteiger partial charge >= 0.3 is 0 Å². The Labute approximate surface area is 106 Å². The summed E-state index contributed by atoms with van der Waals surface area (Å²) in [4.78, 5) is 2.51. The summed E-state index contributed by atoms with van der Waals surface area (Å²) in [5, 5.41) is 9.33. The second-order valence-corrected chi connectivity index (χ2v) is 6.57. The lowest BCUT2D eigenvalue weighted by molar-refractivity contribution is 0.0264. The molecule has 1 saturated heterocycles. The molecule has 0 aliphatic carbocycles. The number of likely N-dealkylation sites (tertiary alicyclic amines) is 1. The Morgan fingerprint density at radius 1 is 1.41 bits per heavy atom. The minimum absolute atomic E-state index is 0.201. The average molecular weight is 242 g/mol. The van der Waals surface area contributed by atoms with Crippen molar-refractivity contribution >= 4 is 0 Å². The molecule has 1 aliphatic rings. The van der Waals surface area contributed by atoms with Crippen LogP contribution in [0.4, 0.5) is 0 Å². The van der Waals surface area contributed by atoms with Gasteiger partial charge in [-0.1, -0.05) is 27.7 Å². The van der Waals surface area contributed by atoms with Gasteiger partial charge in [-0.05, 0) is 37.1 Å². The van der Waals surface area contributed by atoms with Crippen LogP contribution in [-0.2, 0) is 0 Å². The lowest BCUT2D eigenvalue weighted by atomic mass is 9.79. The predicted molar refractivity (Wildman–Crippen MR) is 72.9 cm³/mol. The molecule has 17 heavy (non-hydrogen) atoms. The number of aliphatic hydroxyl groups excluding tert-OH is 1. The summed E-state index contributed by atoms with van der Waals surface area (Å²) in [7, 11) is 0. The van der Waals surface area contributed by atoms with Gasteiger partial charge in [-0.2, -0.15) is 0 Å². The van der Waals surface area contributed by atoms with Crippen LogP contribution < -0.4 is 5.73 Å². The van der Waals surface area contributed by atoms with Crippen molar-refractivity contribution in [2.75, 3.05) is 19.7 Å². The van der Waals surface area contributed by atoms with E-state index in [0.717, 1.165) is 25.9 Å². The van der Waals surface area contributed by atoms with Gasteiger partial charge in [-0.3, -0.25) is 4.90 Å². The van der Waals surface area contributed by atoms with Gasteiger partial charge < -0.3 is 10.8 Å². The van der Waals surface area contributed by atoms with E-state index in [-0.39, 0.29) is 11.5 Å². The quantitative estimate of drug-likeness (QED) is 0.791. The third kappa shape index (κ3) is 3.94. The number of nitrogens with two attached hydrogens (primary N) is 1. The number of rotatable bonds is 4. The van der Waals surface area contributed by atoms with Crippen LogP contribution >= 0.6 is 0 Å². The van der Waals surface area contributed by atoms with Crippen molar-refractivity contribution in [3.8, 4) is 0 Å². The van der Waals surface area contributed by atoms with Gasteiger partial charge in [-0.25, -0.2) is 0 Å². The highest BCUT2D eigenvalue weighted by molar-refractivity contribution is 4.92. The number of hydrogen-bond acceptors (Lipinski definition) is 3. The average Bonchev–Trinajstić information content (AvgIpc) is 2.27. The first-order chi connectivity index (χ1) is 7.90. The van der Waals surface area contributed by atoms with Gasteiger partial charge in [0.2, 0.25) is 0 Å². The van der Waals surface area contributed by atoms with Crippen molar-refractivity contribution in [1.29, 1.82) is 0 Å². The molecule has 102 valence electrons. The first-order valence-corrected chi connectivity index (χ1v) is 7.00. The maximum absolute atomic E-state index is 9.33. The van der Waals surface area contributed by atoms with Crippen molar-refractivity contribution < 1.29 is 5.11 Å². The van der Waals surface area contributed by atoms with Gasteiger partial charge in [-0.15, -0.1) is 0 Å². The molecule has 3 atom stereocenters. The lowest BCUT2D eigenvalue weighted by Gasteiger charge is -2.46. The summed E-state index contributed by atoms with van der Waals surface area (Å²) in [6, 6.07) is 0.647. The van der Waals surface area contributed by atoms with Crippen molar-refractivity contribution in [2.24, 2.45) is 17.1 Å². The monoisotopic (exact) mass is 242 g/mol. The van der Waals surface area contributed by atoms with Gasteiger partial charge in [0.15, 0.2) is 0 Å². The van der Waals surface area contributed by atoms with E-state index in [1.54, 1.807) is 0 Å². The predicted octanol–water partition coefficient (Wildman–Crippen LogP) is 1.84. The molecule has 3 nitrogen and oxygen atoms in total. The highest BCUT2D eigenvalue weighted by Crippen LogP contribution is 2.30. The Morgan fingerprint density at radius 2 is 2.06 bits per heavy atom. The molecule has 3 unspecified atom stereocenters. The summed E-state index contributed by atoms with van der Waals surface area (Å²) in [5.41, 5.74) is 6.52. The van der Waals surface area contributed by atoms with Crippen LogP contribution in [0.5, 0.6) is 0 Å². The van der Waals surface area contributed by atoms with E-state index in [9.17, 15) is 5.11 Å². The molecule has 0 aromatic heterocycles. The first-order valence-electron chi connectivity index (χ1n) is 7.00. The largest absolute Gasteiger partial charge is 0.396 e. The Kier molecular flexibility index (Phi) is 5.42. The third-order valence-corrected chi connectivity index (χ3v) is 3.97. The van der Waals surface area contributed by atoms with Gasteiger partial charge in [0.25, 0.3) is 0 Å². The first kappa shape index (κ1) is 14.9. The molecule has 3 N–H and O–H groups in total. The van der Waals surface area contributed by atoms with E-state index in [0.29, 0.717) is 18.6 Å². The standard InChI is InChI=1S/C14H30N2O/c1-5-12(15)13(14(2,3)4)16-8-6-7-11(9-16)10-17/h11-13,17H,5-10,15H2,1-4H3. The molecule has 1 heterocycles. The van der Waals surface area contributed by atoms with E-state index in [1.165, 1.54) is 6.42 Å². The van der Waals surface area contributed by atoms with Gasteiger partial charge in [0.05, 0.1) is 0 Å². The fourth-order valence-electron chi connectivity index (χ4n) is 3.18. The van der Waals surface area contributed by atoms with Crippen LogP contribution in [-0.4, -0.2) is 41.8 Å². The lowest BCUT2D eigenvalue weighted by Crippen LogP contribution is -2.57. The second-order valence-electron chi connectivity index (χ2n) is 6.57. The Morgan fingerprint density at radius 3 is 2.53 bits per heavy atom. The summed E-state index contributed by atoms with van der Waals surface area (Å²) < 4.78 is 0. The molecule has 0 saturated carbocycles. The van der Waals surface area contributed by atoms with Crippen molar-refractivity contribution in [3.63, 3.8) is 0 Å². The maximum Gasteiger partial charge on any atom is 0.0471 e. The number of hydrogen-bond donors (Lipinski definition) is 2. The summed E-state index contributed by atoms with van der Waals surface area (Å²) in [6.07, 6.45) is 3.36. The van der Waals surface area contributed by atoms with Crippen molar-refractivity contribution in [2.45, 2.75) is 59.0 Å². The molecule has 0 aromatic carbocycles. The number of piperidine rings is 1. The smallest absolute Gasteiger partial charge is 0.0471 e. The van der Waals surface area contributed by atoms with Crippen LogP contribution in [0.2, 0.25) is 0 Å². The number of nitrogens with zero attached hydrogens (tertiary/aromatic N) is 1. The summed E-state index contributed by atoms with van der Waals surface area (Å²) in [6.45, 7) is 11.4. The molecular formula is C14H30N2O. The molecule has 3 heteroatoms. The summed E-state index contributed by atoms with van der Waals surface area (Å²) >= 11 is 0. The molecule has 0 amide bonds. The topological polar surface area (TPSA) is 49.5 Å². The molecule has 0 spiro atoms. The maximum atomic E-state index is 9.33. The molecule has 0 radical (unpaired) electrons. The summed E-state index contributed by atoms with van der Waals surface area (Å²) in [5.74, 6) is 0.442. The highest BCUT2D eigenvalue weighted by Gasteiger charge is 2.36. The van der Waals surface area contributed by atoms with E-state index in [4.69, 9.17) is 5.73 Å². The van der Waals surface area contributed by atoms with Crippen LogP contribution in [0.25, 0.3) is 0 Å². The van der Waals surface area contributed by atoms with Crippen molar-refractivity contribution in [3.05, 3.63) is 0 Å². The zero-order valence-electron chi connectivity index (χ0n) is 11.9. The van der Waals surface area contributed by atoms with Crippen LogP contribution in [0.3, 0.4) is 0 Å². The van der Waals surface area contributed by atoms with Crippen LogP contribution in [0, 0.1) is 11.3 Å². The fraction of sp³-hybridized carbons (Fsp3) is 1.00. The molecule has 1 aliphatic heterocycles. The zero-order valence-corrected chi connectivity index (χ0v) is 11.9. The Balaban J connectivity index is 2.76. The van der Waals surface area contributed by atoms with E-state index >= 15 is 0 Å². The molecule has 1 rings (SSSR count). The number of aliphatic hydroxyl groups is 1. The van der Waals surface area contributed by atoms with E-state index in [1.807, 2.05) is 0 Å². The second kappa shape index (κ2) is 6.17. The SMILES string of the molecule is CCC(N)C(N1CCCC(CO)C1)C(C)(C)C. The third-order valence-electron chi connectivity index (χ3n) is 3.97. The molecule has 0 bridgehead atoms. The minimum Gasteiger partial charge on any atom is -0.396 e. The Hall–Kier alpha value is -0.120.